The average molecular weight is 234 g/mol. The smallest absolute Gasteiger partial charge is 0.339 e. The van der Waals surface area contributed by atoms with Gasteiger partial charge in [-0.05, 0) is 31.4 Å². The number of carbonyl (C=O) groups is 1. The molecule has 17 heavy (non-hydrogen) atoms. The van der Waals surface area contributed by atoms with Gasteiger partial charge in [0.05, 0.1) is 12.7 Å². The van der Waals surface area contributed by atoms with Gasteiger partial charge in [0, 0.05) is 17.8 Å². The number of hydrogen-bond donors (Lipinski definition) is 2. The molecule has 0 aliphatic heterocycles. The summed E-state index contributed by atoms with van der Waals surface area (Å²) in [6.45, 7) is 0. The number of hydrogen-bond acceptors (Lipinski definition) is 4. The lowest BCUT2D eigenvalue weighted by Gasteiger charge is -2.20. The van der Waals surface area contributed by atoms with Crippen molar-refractivity contribution in [3.63, 3.8) is 0 Å². The number of carbonyl (C=O) groups excluding carboxylic acids is 1. The van der Waals surface area contributed by atoms with Crippen LogP contribution in [0.1, 0.15) is 29.6 Å². The Balaban J connectivity index is 2.17. The molecule has 1 saturated carbocycles. The Morgan fingerprint density at radius 1 is 1.41 bits per heavy atom. The van der Waals surface area contributed by atoms with Crippen molar-refractivity contribution in [2.75, 3.05) is 12.4 Å². The minimum atomic E-state index is -0.320. The molecule has 0 heterocycles. The van der Waals surface area contributed by atoms with Crippen molar-refractivity contribution in [3.8, 4) is 0 Å². The number of methoxy groups -OCH3 is 1. The van der Waals surface area contributed by atoms with E-state index in [0.717, 1.165) is 24.9 Å². The van der Waals surface area contributed by atoms with Crippen molar-refractivity contribution in [1.82, 2.24) is 0 Å². The molecule has 0 aromatic heterocycles. The molecule has 0 radical (unpaired) electrons. The molecule has 0 saturated heterocycles. The van der Waals surface area contributed by atoms with E-state index in [1.165, 1.54) is 7.11 Å². The van der Waals surface area contributed by atoms with E-state index in [9.17, 15) is 4.79 Å². The molecule has 4 nitrogen and oxygen atoms in total. The lowest BCUT2D eigenvalue weighted by Crippen LogP contribution is -2.35. The van der Waals surface area contributed by atoms with Crippen LogP contribution in [0.25, 0.3) is 0 Å². The van der Waals surface area contributed by atoms with Crippen LogP contribution in [0.4, 0.5) is 5.69 Å². The van der Waals surface area contributed by atoms with E-state index in [0.29, 0.717) is 5.56 Å². The number of ether oxygens (including phenoxy) is 1. The molecule has 1 aliphatic rings. The van der Waals surface area contributed by atoms with Gasteiger partial charge in [-0.2, -0.15) is 0 Å². The van der Waals surface area contributed by atoms with Gasteiger partial charge < -0.3 is 15.8 Å². The van der Waals surface area contributed by atoms with Crippen molar-refractivity contribution >= 4 is 11.7 Å². The molecule has 1 aromatic carbocycles. The molecule has 1 aromatic rings. The van der Waals surface area contributed by atoms with Crippen LogP contribution in [-0.4, -0.2) is 25.2 Å². The summed E-state index contributed by atoms with van der Waals surface area (Å²) in [6.07, 6.45) is 3.23. The second-order valence-electron chi connectivity index (χ2n) is 4.38. The van der Waals surface area contributed by atoms with Crippen molar-refractivity contribution < 1.29 is 9.53 Å². The van der Waals surface area contributed by atoms with E-state index >= 15 is 0 Å². The van der Waals surface area contributed by atoms with Gasteiger partial charge in [-0.25, -0.2) is 4.79 Å². The third-order valence-electron chi connectivity index (χ3n) is 3.24. The third kappa shape index (κ3) is 2.58. The first kappa shape index (κ1) is 11.9. The normalized spacial score (nSPS) is 23.4. The number of benzene rings is 1. The van der Waals surface area contributed by atoms with Gasteiger partial charge in [0.2, 0.25) is 0 Å². The molecular formula is C13H18N2O2. The zero-order valence-electron chi connectivity index (χ0n) is 9.98. The zero-order valence-corrected chi connectivity index (χ0v) is 9.98. The van der Waals surface area contributed by atoms with Crippen molar-refractivity contribution in [3.05, 3.63) is 29.8 Å². The molecule has 92 valence electrons. The Bertz CT molecular complexity index is 406. The van der Waals surface area contributed by atoms with Crippen LogP contribution in [-0.2, 0) is 4.74 Å². The Kier molecular flexibility index (Phi) is 3.64. The maximum atomic E-state index is 11.6. The summed E-state index contributed by atoms with van der Waals surface area (Å²) in [7, 11) is 1.39. The largest absolute Gasteiger partial charge is 0.465 e. The highest BCUT2D eigenvalue weighted by Gasteiger charge is 2.24. The molecule has 0 bridgehead atoms. The number of para-hydroxylation sites is 1. The Morgan fingerprint density at radius 2 is 2.18 bits per heavy atom. The van der Waals surface area contributed by atoms with Crippen LogP contribution in [0.2, 0.25) is 0 Å². The number of nitrogens with two attached hydrogens (primary N) is 1. The summed E-state index contributed by atoms with van der Waals surface area (Å²) in [6, 6.07) is 7.79. The van der Waals surface area contributed by atoms with Crippen molar-refractivity contribution in [2.24, 2.45) is 5.73 Å². The number of anilines is 1. The fourth-order valence-electron chi connectivity index (χ4n) is 2.26. The molecule has 3 N–H and O–H groups in total. The van der Waals surface area contributed by atoms with Gasteiger partial charge in [-0.15, -0.1) is 0 Å². The van der Waals surface area contributed by atoms with E-state index in [2.05, 4.69) is 5.32 Å². The highest BCUT2D eigenvalue weighted by molar-refractivity contribution is 5.95. The van der Waals surface area contributed by atoms with E-state index < -0.39 is 0 Å². The van der Waals surface area contributed by atoms with Crippen LogP contribution in [0.15, 0.2) is 24.3 Å². The first-order valence-corrected chi connectivity index (χ1v) is 5.92. The first-order valence-electron chi connectivity index (χ1n) is 5.92. The summed E-state index contributed by atoms with van der Waals surface area (Å²) in [5, 5.41) is 3.35. The maximum Gasteiger partial charge on any atom is 0.339 e. The van der Waals surface area contributed by atoms with E-state index in [1.54, 1.807) is 6.07 Å². The average Bonchev–Trinajstić information content (AvgIpc) is 2.75. The second kappa shape index (κ2) is 5.19. The quantitative estimate of drug-likeness (QED) is 0.782. The van der Waals surface area contributed by atoms with Gasteiger partial charge in [-0.1, -0.05) is 12.1 Å². The SMILES string of the molecule is COC(=O)c1ccccc1NC1CCCC1N. The predicted octanol–water partition coefficient (Wildman–Crippen LogP) is 1.76. The fraction of sp³-hybridized carbons (Fsp3) is 0.462. The van der Waals surface area contributed by atoms with Crippen LogP contribution in [0, 0.1) is 0 Å². The van der Waals surface area contributed by atoms with Crippen LogP contribution < -0.4 is 11.1 Å². The minimum absolute atomic E-state index is 0.167. The van der Waals surface area contributed by atoms with Gasteiger partial charge in [0.15, 0.2) is 0 Å². The first-order chi connectivity index (χ1) is 8.22. The predicted molar refractivity (Wildman–Crippen MR) is 67.0 cm³/mol. The minimum Gasteiger partial charge on any atom is -0.465 e. The van der Waals surface area contributed by atoms with Crippen LogP contribution in [0.5, 0.6) is 0 Å². The van der Waals surface area contributed by atoms with Crippen molar-refractivity contribution in [1.29, 1.82) is 0 Å². The summed E-state index contributed by atoms with van der Waals surface area (Å²) < 4.78 is 4.76. The summed E-state index contributed by atoms with van der Waals surface area (Å²) in [5.74, 6) is -0.320. The van der Waals surface area contributed by atoms with Crippen molar-refractivity contribution in [2.45, 2.75) is 31.3 Å². The Hall–Kier alpha value is -1.55. The fourth-order valence-corrected chi connectivity index (χ4v) is 2.26. The molecule has 0 spiro atoms. The summed E-state index contributed by atoms with van der Waals surface area (Å²) in [4.78, 5) is 11.6. The van der Waals surface area contributed by atoms with E-state index in [4.69, 9.17) is 10.5 Å². The zero-order chi connectivity index (χ0) is 12.3. The molecule has 2 unspecified atom stereocenters. The van der Waals surface area contributed by atoms with Gasteiger partial charge >= 0.3 is 5.97 Å². The standard InChI is InChI=1S/C13H18N2O2/c1-17-13(16)9-5-2-3-7-11(9)15-12-8-4-6-10(12)14/h2-3,5,7,10,12,15H,4,6,8,14H2,1H3. The van der Waals surface area contributed by atoms with Crippen LogP contribution >= 0.6 is 0 Å². The number of nitrogens with one attached hydrogen (secondary N) is 1. The number of rotatable bonds is 3. The molecule has 0 amide bonds. The molecule has 4 heteroatoms. The highest BCUT2D eigenvalue weighted by atomic mass is 16.5. The number of esters is 1. The molecule has 2 rings (SSSR count). The molecule has 2 atom stereocenters. The lowest BCUT2D eigenvalue weighted by molar-refractivity contribution is 0.0602. The van der Waals surface area contributed by atoms with E-state index in [-0.39, 0.29) is 18.1 Å². The maximum absolute atomic E-state index is 11.6. The Morgan fingerprint density at radius 3 is 2.82 bits per heavy atom. The lowest BCUT2D eigenvalue weighted by atomic mass is 10.1. The van der Waals surface area contributed by atoms with E-state index in [1.807, 2.05) is 18.2 Å². The second-order valence-corrected chi connectivity index (χ2v) is 4.38. The molecular weight excluding hydrogens is 216 g/mol. The summed E-state index contributed by atoms with van der Waals surface area (Å²) >= 11 is 0. The molecule has 1 aliphatic carbocycles. The summed E-state index contributed by atoms with van der Waals surface area (Å²) in [5.41, 5.74) is 7.38. The molecule has 1 fully saturated rings. The topological polar surface area (TPSA) is 64.3 Å². The van der Waals surface area contributed by atoms with Gasteiger partial charge in [-0.3, -0.25) is 0 Å². The monoisotopic (exact) mass is 234 g/mol. The highest BCUT2D eigenvalue weighted by Crippen LogP contribution is 2.24. The van der Waals surface area contributed by atoms with Crippen LogP contribution in [0.3, 0.4) is 0 Å². The third-order valence-corrected chi connectivity index (χ3v) is 3.24. The van der Waals surface area contributed by atoms with Gasteiger partial charge in [0.1, 0.15) is 0 Å². The Labute approximate surface area is 101 Å². The van der Waals surface area contributed by atoms with Gasteiger partial charge in [0.25, 0.3) is 0 Å².